The number of carbonyl (C=O) groups excluding carboxylic acids is 1. The number of hydrogen-bond donors (Lipinski definition) is 2. The molecule has 0 fully saturated rings. The summed E-state index contributed by atoms with van der Waals surface area (Å²) in [5.74, 6) is -0.108. The van der Waals surface area contributed by atoms with Crippen LogP contribution in [0.25, 0.3) is 0 Å². The van der Waals surface area contributed by atoms with E-state index in [1.54, 1.807) is 11.7 Å². The number of fused-ring (bicyclic) bond motifs is 1. The van der Waals surface area contributed by atoms with Gasteiger partial charge in [0.2, 0.25) is 0 Å². The molecule has 2 heterocycles. The van der Waals surface area contributed by atoms with Crippen molar-refractivity contribution in [1.82, 2.24) is 15.1 Å². The minimum Gasteiger partial charge on any atom is -0.320 e. The van der Waals surface area contributed by atoms with Gasteiger partial charge in [0.05, 0.1) is 5.69 Å². The van der Waals surface area contributed by atoms with Gasteiger partial charge < -0.3 is 10.6 Å². The molecule has 0 aliphatic carbocycles. The van der Waals surface area contributed by atoms with Crippen LogP contribution in [-0.4, -0.2) is 22.2 Å². The van der Waals surface area contributed by atoms with Crippen LogP contribution in [0, 0.1) is 0 Å². The lowest BCUT2D eigenvalue weighted by Crippen LogP contribution is -2.26. The van der Waals surface area contributed by atoms with Crippen molar-refractivity contribution in [3.8, 4) is 0 Å². The molecule has 1 amide bonds. The van der Waals surface area contributed by atoms with Crippen LogP contribution in [0.4, 0.5) is 5.69 Å². The summed E-state index contributed by atoms with van der Waals surface area (Å²) >= 11 is 0. The number of hydrogen-bond acceptors (Lipinski definition) is 3. The van der Waals surface area contributed by atoms with Gasteiger partial charge in [-0.25, -0.2) is 0 Å². The number of carbonyl (C=O) groups is 1. The molecule has 0 atom stereocenters. The van der Waals surface area contributed by atoms with Gasteiger partial charge in [0.1, 0.15) is 5.69 Å². The lowest BCUT2D eigenvalue weighted by atomic mass is 9.99. The Morgan fingerprint density at radius 2 is 2.33 bits per heavy atom. The largest absolute Gasteiger partial charge is 0.320 e. The lowest BCUT2D eigenvalue weighted by molar-refractivity contribution is 0.101. The van der Waals surface area contributed by atoms with Crippen LogP contribution in [0.5, 0.6) is 0 Å². The number of benzene rings is 1. The van der Waals surface area contributed by atoms with Gasteiger partial charge >= 0.3 is 0 Å². The van der Waals surface area contributed by atoms with E-state index in [2.05, 4.69) is 21.8 Å². The summed E-state index contributed by atoms with van der Waals surface area (Å²) in [6, 6.07) is 7.94. The van der Waals surface area contributed by atoms with Gasteiger partial charge in [-0.05, 0) is 42.6 Å². The molecule has 0 bridgehead atoms. The SMILES string of the molecule is CCc1cc(C(=O)Nc2cccc3c2CNCC3)n(C)n1. The molecule has 1 aliphatic heterocycles. The first-order chi connectivity index (χ1) is 10.2. The summed E-state index contributed by atoms with van der Waals surface area (Å²) in [7, 11) is 1.80. The Morgan fingerprint density at radius 3 is 3.10 bits per heavy atom. The fourth-order valence-electron chi connectivity index (χ4n) is 2.73. The number of aromatic nitrogens is 2. The molecule has 5 nitrogen and oxygen atoms in total. The molecule has 3 rings (SSSR count). The van der Waals surface area contributed by atoms with Gasteiger partial charge in [-0.1, -0.05) is 19.1 Å². The van der Waals surface area contributed by atoms with E-state index in [0.29, 0.717) is 5.69 Å². The van der Waals surface area contributed by atoms with Crippen molar-refractivity contribution in [3.63, 3.8) is 0 Å². The third kappa shape index (κ3) is 2.69. The summed E-state index contributed by atoms with van der Waals surface area (Å²) in [6.45, 7) is 3.83. The van der Waals surface area contributed by atoms with E-state index in [0.717, 1.165) is 37.3 Å². The summed E-state index contributed by atoms with van der Waals surface area (Å²) < 4.78 is 1.64. The fraction of sp³-hybridized carbons (Fsp3) is 0.375. The first kappa shape index (κ1) is 13.8. The zero-order valence-corrected chi connectivity index (χ0v) is 12.4. The fourth-order valence-corrected chi connectivity index (χ4v) is 2.73. The highest BCUT2D eigenvalue weighted by Gasteiger charge is 2.17. The average molecular weight is 284 g/mol. The summed E-state index contributed by atoms with van der Waals surface area (Å²) in [5.41, 5.74) is 4.91. The summed E-state index contributed by atoms with van der Waals surface area (Å²) in [4.78, 5) is 12.5. The minimum absolute atomic E-state index is 0.108. The highest BCUT2D eigenvalue weighted by Crippen LogP contribution is 2.23. The van der Waals surface area contributed by atoms with Crippen molar-refractivity contribution >= 4 is 11.6 Å². The van der Waals surface area contributed by atoms with Gasteiger partial charge in [-0.2, -0.15) is 5.10 Å². The third-order valence-electron chi connectivity index (χ3n) is 3.92. The number of nitrogens with one attached hydrogen (secondary N) is 2. The van der Waals surface area contributed by atoms with Crippen molar-refractivity contribution in [2.45, 2.75) is 26.3 Å². The van der Waals surface area contributed by atoms with E-state index in [9.17, 15) is 4.79 Å². The van der Waals surface area contributed by atoms with Gasteiger partial charge in [0.15, 0.2) is 0 Å². The summed E-state index contributed by atoms with van der Waals surface area (Å²) in [6.07, 6.45) is 1.83. The van der Waals surface area contributed by atoms with Gasteiger partial charge in [-0.15, -0.1) is 0 Å². The first-order valence-corrected chi connectivity index (χ1v) is 7.34. The number of rotatable bonds is 3. The number of amides is 1. The van der Waals surface area contributed by atoms with Crippen LogP contribution in [0.2, 0.25) is 0 Å². The molecule has 1 aromatic heterocycles. The molecular weight excluding hydrogens is 264 g/mol. The van der Waals surface area contributed by atoms with Crippen molar-refractivity contribution in [3.05, 3.63) is 46.8 Å². The average Bonchev–Trinajstić information content (AvgIpc) is 2.89. The number of anilines is 1. The Hall–Kier alpha value is -2.14. The highest BCUT2D eigenvalue weighted by molar-refractivity contribution is 6.03. The van der Waals surface area contributed by atoms with Gasteiger partial charge in [-0.3, -0.25) is 9.48 Å². The van der Waals surface area contributed by atoms with Crippen molar-refractivity contribution in [2.24, 2.45) is 7.05 Å². The molecule has 0 spiro atoms. The van der Waals surface area contributed by atoms with E-state index in [4.69, 9.17) is 0 Å². The molecule has 0 radical (unpaired) electrons. The Kier molecular flexibility index (Phi) is 3.75. The topological polar surface area (TPSA) is 59.0 Å². The van der Waals surface area contributed by atoms with Crippen LogP contribution in [0.15, 0.2) is 24.3 Å². The van der Waals surface area contributed by atoms with Crippen molar-refractivity contribution in [1.29, 1.82) is 0 Å². The van der Waals surface area contributed by atoms with Crippen molar-refractivity contribution in [2.75, 3.05) is 11.9 Å². The standard InChI is InChI=1S/C16H20N4O/c1-3-12-9-15(20(2)19-12)16(21)18-14-6-4-5-11-7-8-17-10-13(11)14/h4-6,9,17H,3,7-8,10H2,1-2H3,(H,18,21). The van der Waals surface area contributed by atoms with E-state index in [1.165, 1.54) is 11.1 Å². The number of nitrogens with zero attached hydrogens (tertiary/aromatic N) is 2. The molecule has 0 saturated heterocycles. The maximum atomic E-state index is 12.5. The van der Waals surface area contributed by atoms with Crippen LogP contribution < -0.4 is 10.6 Å². The molecule has 0 saturated carbocycles. The molecule has 2 N–H and O–H groups in total. The summed E-state index contributed by atoms with van der Waals surface area (Å²) in [5, 5.41) is 10.7. The van der Waals surface area contributed by atoms with Gasteiger partial charge in [0.25, 0.3) is 5.91 Å². The smallest absolute Gasteiger partial charge is 0.273 e. The van der Waals surface area contributed by atoms with E-state index in [-0.39, 0.29) is 5.91 Å². The van der Waals surface area contributed by atoms with Crippen LogP contribution in [0.3, 0.4) is 0 Å². The molecule has 0 unspecified atom stereocenters. The van der Waals surface area contributed by atoms with E-state index in [1.807, 2.05) is 25.1 Å². The monoisotopic (exact) mass is 284 g/mol. The first-order valence-electron chi connectivity index (χ1n) is 7.34. The molecule has 5 heteroatoms. The molecule has 2 aromatic rings. The number of aryl methyl sites for hydroxylation is 2. The maximum Gasteiger partial charge on any atom is 0.273 e. The Morgan fingerprint density at radius 1 is 1.48 bits per heavy atom. The van der Waals surface area contributed by atoms with Gasteiger partial charge in [0, 0.05) is 19.3 Å². The second-order valence-electron chi connectivity index (χ2n) is 5.32. The third-order valence-corrected chi connectivity index (χ3v) is 3.92. The zero-order chi connectivity index (χ0) is 14.8. The Bertz CT molecular complexity index is 675. The predicted octanol–water partition coefficient (Wildman–Crippen LogP) is 1.88. The molecular formula is C16H20N4O. The normalized spacial score (nSPS) is 13.8. The van der Waals surface area contributed by atoms with Crippen LogP contribution in [-0.2, 0) is 26.4 Å². The van der Waals surface area contributed by atoms with Crippen molar-refractivity contribution < 1.29 is 4.79 Å². The maximum absolute atomic E-state index is 12.5. The van der Waals surface area contributed by atoms with E-state index >= 15 is 0 Å². The minimum atomic E-state index is -0.108. The van der Waals surface area contributed by atoms with E-state index < -0.39 is 0 Å². The highest BCUT2D eigenvalue weighted by atomic mass is 16.2. The predicted molar refractivity (Wildman–Crippen MR) is 82.4 cm³/mol. The quantitative estimate of drug-likeness (QED) is 0.905. The molecule has 1 aliphatic rings. The lowest BCUT2D eigenvalue weighted by Gasteiger charge is -2.20. The second-order valence-corrected chi connectivity index (χ2v) is 5.32. The molecule has 110 valence electrons. The van der Waals surface area contributed by atoms with Crippen LogP contribution in [0.1, 0.15) is 34.2 Å². The zero-order valence-electron chi connectivity index (χ0n) is 12.4. The Balaban J connectivity index is 1.86. The van der Waals surface area contributed by atoms with Crippen LogP contribution >= 0.6 is 0 Å². The molecule has 21 heavy (non-hydrogen) atoms. The second kappa shape index (κ2) is 5.69. The molecule has 1 aromatic carbocycles. The Labute approximate surface area is 124 Å².